The number of imidazole rings is 1. The minimum Gasteiger partial charge on any atom is -0.462 e. The molecular weight excluding hydrogens is 477 g/mol. The molecule has 0 radical (unpaired) electrons. The van der Waals surface area contributed by atoms with E-state index in [9.17, 15) is 22.5 Å². The smallest absolute Gasteiger partial charge is 0.408 e. The number of aromatic nitrogens is 5. The third-order valence-electron chi connectivity index (χ3n) is 4.88. The summed E-state index contributed by atoms with van der Waals surface area (Å²) in [4.78, 5) is 16.5. The molecule has 186 valence electrons. The number of hydrogen-bond acceptors (Lipinski definition) is 9. The average molecular weight is 503 g/mol. The lowest BCUT2D eigenvalue weighted by molar-refractivity contribution is -0.163. The van der Waals surface area contributed by atoms with Crippen LogP contribution in [0.4, 0.5) is 24.8 Å². The summed E-state index contributed by atoms with van der Waals surface area (Å²) in [6.07, 6.45) is -3.03. The summed E-state index contributed by atoms with van der Waals surface area (Å²) in [7, 11) is 1.33. The van der Waals surface area contributed by atoms with E-state index in [4.69, 9.17) is 8.92 Å². The lowest BCUT2D eigenvalue weighted by Crippen LogP contribution is -2.34. The highest BCUT2D eigenvalue weighted by molar-refractivity contribution is 7.81. The van der Waals surface area contributed by atoms with Crippen LogP contribution in [0.3, 0.4) is 0 Å². The molecule has 0 bridgehead atoms. The molecule has 2 N–H and O–H groups in total. The molecule has 0 saturated heterocycles. The lowest BCUT2D eigenvalue weighted by Gasteiger charge is -2.21. The molecular formula is C20H25F3N6O4S. The summed E-state index contributed by atoms with van der Waals surface area (Å²) in [6.45, 7) is 5.74. The fourth-order valence-corrected chi connectivity index (χ4v) is 3.66. The zero-order valence-corrected chi connectivity index (χ0v) is 19.9. The zero-order valence-electron chi connectivity index (χ0n) is 19.1. The maximum absolute atomic E-state index is 13.5. The van der Waals surface area contributed by atoms with Crippen LogP contribution in [-0.4, -0.2) is 58.5 Å². The van der Waals surface area contributed by atoms with Crippen molar-refractivity contribution >= 4 is 33.7 Å². The Bertz CT molecular complexity index is 1180. The number of alkyl halides is 3. The van der Waals surface area contributed by atoms with Crippen LogP contribution in [-0.2, 0) is 15.3 Å². The highest BCUT2D eigenvalue weighted by Crippen LogP contribution is 2.36. The number of aliphatic hydroxyl groups excluding tert-OH is 1. The van der Waals surface area contributed by atoms with E-state index in [1.165, 1.54) is 38.6 Å². The van der Waals surface area contributed by atoms with Crippen molar-refractivity contribution < 1.29 is 31.4 Å². The second-order valence-electron chi connectivity index (χ2n) is 8.09. The topological polar surface area (TPSA) is 124 Å². The third kappa shape index (κ3) is 5.62. The monoisotopic (exact) mass is 502 g/mol. The van der Waals surface area contributed by atoms with E-state index in [0.717, 1.165) is 11.5 Å². The van der Waals surface area contributed by atoms with Gasteiger partial charge in [-0.05, 0) is 33.8 Å². The SMILES string of the molecule is COS(=O)C(C)(C)COc1nccc(Nc2cc3c(cn2)nc([C@@H](C)O)n3[C@@H](C)C(F)(F)F)n1. The summed E-state index contributed by atoms with van der Waals surface area (Å²) >= 11 is -1.59. The first-order valence-corrected chi connectivity index (χ1v) is 11.2. The molecule has 0 fully saturated rings. The summed E-state index contributed by atoms with van der Waals surface area (Å²) in [5.74, 6) is 0.353. The number of nitrogens with zero attached hydrogens (tertiary/aromatic N) is 5. The third-order valence-corrected chi connectivity index (χ3v) is 6.20. The van der Waals surface area contributed by atoms with Crippen molar-refractivity contribution in [3.05, 3.63) is 30.4 Å². The van der Waals surface area contributed by atoms with Gasteiger partial charge in [-0.2, -0.15) is 18.2 Å². The molecule has 10 nitrogen and oxygen atoms in total. The molecule has 1 unspecified atom stereocenters. The number of rotatable bonds is 9. The molecule has 0 saturated carbocycles. The van der Waals surface area contributed by atoms with Crippen molar-refractivity contribution in [3.8, 4) is 6.01 Å². The Kier molecular flexibility index (Phi) is 7.43. The average Bonchev–Trinajstić information content (AvgIpc) is 3.15. The Morgan fingerprint density at radius 3 is 2.53 bits per heavy atom. The van der Waals surface area contributed by atoms with E-state index in [-0.39, 0.29) is 41.1 Å². The Hall–Kier alpha value is -2.84. The summed E-state index contributed by atoms with van der Waals surface area (Å²) in [5.41, 5.74) is 0.352. The number of nitrogens with one attached hydrogen (secondary N) is 1. The van der Waals surface area contributed by atoms with Crippen molar-refractivity contribution in [2.45, 2.75) is 50.8 Å². The molecule has 0 spiro atoms. The van der Waals surface area contributed by atoms with Crippen molar-refractivity contribution in [1.29, 1.82) is 0 Å². The van der Waals surface area contributed by atoms with E-state index in [2.05, 4.69) is 25.3 Å². The Balaban J connectivity index is 1.88. The van der Waals surface area contributed by atoms with Crippen molar-refractivity contribution in [1.82, 2.24) is 24.5 Å². The minimum absolute atomic E-state index is 0.000571. The standard InChI is InChI=1S/C20H25F3N6O4S/c1-11(30)17-26-13-9-25-16(8-14(13)29(17)12(2)20(21,22)23)27-15-6-7-24-18(28-15)33-10-19(3,4)34(31)32-5/h6-9,11-12,30H,10H2,1-5H3,(H,24,25,27,28)/t11-,12+,34?/m1/s1. The first-order chi connectivity index (χ1) is 15.8. The van der Waals surface area contributed by atoms with E-state index >= 15 is 0 Å². The van der Waals surface area contributed by atoms with Gasteiger partial charge in [0.05, 0.1) is 18.8 Å². The maximum Gasteiger partial charge on any atom is 0.408 e. The summed E-state index contributed by atoms with van der Waals surface area (Å²) in [6, 6.07) is 0.995. The van der Waals surface area contributed by atoms with Gasteiger partial charge in [-0.1, -0.05) is 0 Å². The number of ether oxygens (including phenoxy) is 1. The van der Waals surface area contributed by atoms with Gasteiger partial charge in [-0.15, -0.1) is 0 Å². The second kappa shape index (κ2) is 9.80. The fourth-order valence-electron chi connectivity index (χ4n) is 3.06. The molecule has 0 aromatic carbocycles. The fraction of sp³-hybridized carbons (Fsp3) is 0.500. The Morgan fingerprint density at radius 1 is 1.21 bits per heavy atom. The van der Waals surface area contributed by atoms with Crippen LogP contribution in [0.1, 0.15) is 45.7 Å². The molecule has 34 heavy (non-hydrogen) atoms. The number of hydrogen-bond donors (Lipinski definition) is 2. The van der Waals surface area contributed by atoms with E-state index in [1.807, 2.05) is 0 Å². The molecule has 3 aromatic heterocycles. The molecule has 0 amide bonds. The van der Waals surface area contributed by atoms with Gasteiger partial charge in [0.1, 0.15) is 46.5 Å². The van der Waals surface area contributed by atoms with Gasteiger partial charge < -0.3 is 19.7 Å². The quantitative estimate of drug-likeness (QED) is 0.451. The number of halogens is 3. The van der Waals surface area contributed by atoms with E-state index < -0.39 is 34.1 Å². The molecule has 0 aliphatic rings. The number of anilines is 2. The summed E-state index contributed by atoms with van der Waals surface area (Å²) in [5, 5.41) is 12.9. The number of fused-ring (bicyclic) bond motifs is 1. The van der Waals surface area contributed by atoms with Gasteiger partial charge in [0.25, 0.3) is 0 Å². The van der Waals surface area contributed by atoms with Crippen LogP contribution < -0.4 is 10.1 Å². The van der Waals surface area contributed by atoms with Crippen molar-refractivity contribution in [3.63, 3.8) is 0 Å². The van der Waals surface area contributed by atoms with Gasteiger partial charge in [-0.3, -0.25) is 4.18 Å². The second-order valence-corrected chi connectivity index (χ2v) is 10.00. The molecule has 3 atom stereocenters. The zero-order chi connectivity index (χ0) is 25.3. The predicted molar refractivity (Wildman–Crippen MR) is 119 cm³/mol. The molecule has 3 rings (SSSR count). The van der Waals surface area contributed by atoms with Gasteiger partial charge in [0.2, 0.25) is 0 Å². The highest BCUT2D eigenvalue weighted by Gasteiger charge is 2.40. The van der Waals surface area contributed by atoms with E-state index in [1.54, 1.807) is 13.8 Å². The van der Waals surface area contributed by atoms with Gasteiger partial charge in [-0.25, -0.2) is 19.2 Å². The van der Waals surface area contributed by atoms with Crippen molar-refractivity contribution in [2.24, 2.45) is 0 Å². The van der Waals surface area contributed by atoms with Crippen LogP contribution in [0.5, 0.6) is 6.01 Å². The van der Waals surface area contributed by atoms with Gasteiger partial charge in [0, 0.05) is 12.3 Å². The van der Waals surface area contributed by atoms with Crippen molar-refractivity contribution in [2.75, 3.05) is 19.0 Å². The first kappa shape index (κ1) is 25.8. The Labute approximate surface area is 196 Å². The van der Waals surface area contributed by atoms with Crippen LogP contribution in [0, 0.1) is 0 Å². The molecule has 0 aliphatic carbocycles. The largest absolute Gasteiger partial charge is 0.462 e. The molecule has 14 heteroatoms. The predicted octanol–water partition coefficient (Wildman–Crippen LogP) is 3.61. The molecule has 3 heterocycles. The van der Waals surface area contributed by atoms with Crippen LogP contribution >= 0.6 is 0 Å². The van der Waals surface area contributed by atoms with Gasteiger partial charge in [0.15, 0.2) is 11.1 Å². The van der Waals surface area contributed by atoms with E-state index in [0.29, 0.717) is 0 Å². The molecule has 0 aliphatic heterocycles. The molecule has 3 aromatic rings. The van der Waals surface area contributed by atoms with Crippen LogP contribution in [0.25, 0.3) is 11.0 Å². The van der Waals surface area contributed by atoms with Gasteiger partial charge >= 0.3 is 12.2 Å². The minimum atomic E-state index is -4.55. The number of pyridine rings is 1. The summed E-state index contributed by atoms with van der Waals surface area (Å²) < 4.78 is 62.9. The highest BCUT2D eigenvalue weighted by atomic mass is 32.2. The van der Waals surface area contributed by atoms with Crippen LogP contribution in [0.2, 0.25) is 0 Å². The lowest BCUT2D eigenvalue weighted by atomic mass is 10.2. The Morgan fingerprint density at radius 2 is 1.91 bits per heavy atom. The maximum atomic E-state index is 13.5. The normalized spacial score (nSPS) is 15.2. The number of aliphatic hydroxyl groups is 1. The first-order valence-electron chi connectivity index (χ1n) is 10.2. The van der Waals surface area contributed by atoms with Crippen LogP contribution in [0.15, 0.2) is 24.5 Å².